The molecule has 0 spiro atoms. The van der Waals surface area contributed by atoms with Crippen LogP contribution in [0.3, 0.4) is 0 Å². The maximum absolute atomic E-state index is 11.7. The number of nitrogens with one attached hydrogen (secondary N) is 2. The summed E-state index contributed by atoms with van der Waals surface area (Å²) in [5, 5.41) is 14.1. The van der Waals surface area contributed by atoms with Gasteiger partial charge in [0.2, 0.25) is 11.8 Å². The van der Waals surface area contributed by atoms with E-state index >= 15 is 0 Å². The lowest BCUT2D eigenvalue weighted by Crippen LogP contribution is -2.42. The topological polar surface area (TPSA) is 83.3 Å². The molecule has 0 saturated carbocycles. The summed E-state index contributed by atoms with van der Waals surface area (Å²) in [6, 6.07) is 0.518. The summed E-state index contributed by atoms with van der Waals surface area (Å²) < 4.78 is 5.68. The number of nitrogens with zero attached hydrogens (tertiary/aromatic N) is 3. The van der Waals surface area contributed by atoms with Crippen molar-refractivity contribution in [2.75, 3.05) is 31.6 Å². The molecule has 2 rings (SSSR count). The molecule has 1 amide bonds. The van der Waals surface area contributed by atoms with Crippen LogP contribution in [0.15, 0.2) is 4.42 Å². The number of amides is 1. The molecule has 1 aliphatic rings. The molecule has 1 aromatic rings. The summed E-state index contributed by atoms with van der Waals surface area (Å²) in [5.74, 6) is 1.26. The molecule has 1 saturated heterocycles. The van der Waals surface area contributed by atoms with Crippen LogP contribution in [0.4, 0.5) is 6.01 Å². The van der Waals surface area contributed by atoms with E-state index in [0.29, 0.717) is 30.9 Å². The van der Waals surface area contributed by atoms with Gasteiger partial charge in [-0.3, -0.25) is 4.79 Å². The van der Waals surface area contributed by atoms with E-state index < -0.39 is 0 Å². The Hall–Kier alpha value is -1.63. The smallest absolute Gasteiger partial charge is 0.318 e. The summed E-state index contributed by atoms with van der Waals surface area (Å²) in [6.07, 6.45) is 1.87. The van der Waals surface area contributed by atoms with E-state index in [9.17, 15) is 4.79 Å². The number of carbonyl (C=O) groups excluding carboxylic acids is 1. The molecule has 2 N–H and O–H groups in total. The minimum atomic E-state index is -0.00170. The van der Waals surface area contributed by atoms with Crippen molar-refractivity contribution in [2.45, 2.75) is 33.2 Å². The summed E-state index contributed by atoms with van der Waals surface area (Å²) in [4.78, 5) is 13.7. The zero-order chi connectivity index (χ0) is 15.2. The molecule has 1 fully saturated rings. The molecule has 118 valence electrons. The van der Waals surface area contributed by atoms with Gasteiger partial charge in [0.25, 0.3) is 0 Å². The standard InChI is InChI=1S/C14H25N5O2/c1-10(2)7-16-8-12-17-18-14(21-12)19-6-4-5-11(9-19)13(20)15-3/h10-11,16H,4-9H2,1-3H3,(H,15,20). The highest BCUT2D eigenvalue weighted by Crippen LogP contribution is 2.22. The summed E-state index contributed by atoms with van der Waals surface area (Å²) in [6.45, 7) is 7.30. The van der Waals surface area contributed by atoms with Crippen molar-refractivity contribution in [3.05, 3.63) is 5.89 Å². The quantitative estimate of drug-likeness (QED) is 0.807. The first-order chi connectivity index (χ1) is 10.1. The SMILES string of the molecule is CNC(=O)C1CCCN(c2nnc(CNCC(C)C)o2)C1. The Morgan fingerprint density at radius 2 is 2.29 bits per heavy atom. The van der Waals surface area contributed by atoms with Crippen molar-refractivity contribution in [2.24, 2.45) is 11.8 Å². The second kappa shape index (κ2) is 7.40. The fourth-order valence-electron chi connectivity index (χ4n) is 2.48. The minimum absolute atomic E-state index is 0.00170. The van der Waals surface area contributed by atoms with Crippen LogP contribution in [-0.2, 0) is 11.3 Å². The predicted molar refractivity (Wildman–Crippen MR) is 79.8 cm³/mol. The van der Waals surface area contributed by atoms with E-state index in [1.807, 2.05) is 4.90 Å². The van der Waals surface area contributed by atoms with Crippen molar-refractivity contribution >= 4 is 11.9 Å². The number of piperidine rings is 1. The Balaban J connectivity index is 1.89. The molecule has 1 unspecified atom stereocenters. The molecule has 1 aromatic heterocycles. The number of hydrogen-bond acceptors (Lipinski definition) is 6. The van der Waals surface area contributed by atoms with Gasteiger partial charge in [0.1, 0.15) is 0 Å². The van der Waals surface area contributed by atoms with Crippen molar-refractivity contribution in [1.82, 2.24) is 20.8 Å². The van der Waals surface area contributed by atoms with Crippen LogP contribution in [0.1, 0.15) is 32.6 Å². The normalized spacial score (nSPS) is 19.0. The van der Waals surface area contributed by atoms with Crippen molar-refractivity contribution in [1.29, 1.82) is 0 Å². The fraction of sp³-hybridized carbons (Fsp3) is 0.786. The van der Waals surface area contributed by atoms with E-state index in [1.165, 1.54) is 0 Å². The van der Waals surface area contributed by atoms with Gasteiger partial charge < -0.3 is 20.0 Å². The summed E-state index contributed by atoms with van der Waals surface area (Å²) in [5.41, 5.74) is 0. The summed E-state index contributed by atoms with van der Waals surface area (Å²) >= 11 is 0. The monoisotopic (exact) mass is 295 g/mol. The number of hydrogen-bond donors (Lipinski definition) is 2. The molecule has 0 aromatic carbocycles. The van der Waals surface area contributed by atoms with Crippen LogP contribution in [0.2, 0.25) is 0 Å². The lowest BCUT2D eigenvalue weighted by molar-refractivity contribution is -0.124. The van der Waals surface area contributed by atoms with Crippen LogP contribution in [0.5, 0.6) is 0 Å². The van der Waals surface area contributed by atoms with Gasteiger partial charge in [0, 0.05) is 20.1 Å². The van der Waals surface area contributed by atoms with Gasteiger partial charge in [-0.1, -0.05) is 18.9 Å². The van der Waals surface area contributed by atoms with Gasteiger partial charge in [-0.25, -0.2) is 0 Å². The molecular weight excluding hydrogens is 270 g/mol. The average molecular weight is 295 g/mol. The van der Waals surface area contributed by atoms with Gasteiger partial charge in [-0.05, 0) is 25.3 Å². The van der Waals surface area contributed by atoms with Gasteiger partial charge in [0.05, 0.1) is 12.5 Å². The lowest BCUT2D eigenvalue weighted by Gasteiger charge is -2.30. The highest BCUT2D eigenvalue weighted by Gasteiger charge is 2.27. The fourth-order valence-corrected chi connectivity index (χ4v) is 2.48. The van der Waals surface area contributed by atoms with E-state index in [4.69, 9.17) is 4.42 Å². The molecule has 21 heavy (non-hydrogen) atoms. The molecule has 0 radical (unpaired) electrons. The van der Waals surface area contributed by atoms with Gasteiger partial charge in [-0.15, -0.1) is 5.10 Å². The Morgan fingerprint density at radius 1 is 1.48 bits per heavy atom. The third kappa shape index (κ3) is 4.42. The maximum atomic E-state index is 11.7. The van der Waals surface area contributed by atoms with Crippen LogP contribution in [0, 0.1) is 11.8 Å². The molecule has 1 aliphatic heterocycles. The molecule has 7 heteroatoms. The number of anilines is 1. The molecule has 2 heterocycles. The largest absolute Gasteiger partial charge is 0.407 e. The van der Waals surface area contributed by atoms with Gasteiger partial charge in [0.15, 0.2) is 0 Å². The predicted octanol–water partition coefficient (Wildman–Crippen LogP) is 0.778. The number of carbonyl (C=O) groups is 1. The Bertz CT molecular complexity index is 460. The average Bonchev–Trinajstić information content (AvgIpc) is 2.95. The Kier molecular flexibility index (Phi) is 5.55. The minimum Gasteiger partial charge on any atom is -0.407 e. The molecule has 7 nitrogen and oxygen atoms in total. The van der Waals surface area contributed by atoms with Crippen LogP contribution < -0.4 is 15.5 Å². The first-order valence-corrected chi connectivity index (χ1v) is 7.59. The highest BCUT2D eigenvalue weighted by molar-refractivity contribution is 5.79. The van der Waals surface area contributed by atoms with Crippen molar-refractivity contribution in [3.63, 3.8) is 0 Å². The number of rotatable bonds is 6. The lowest BCUT2D eigenvalue weighted by atomic mass is 9.97. The maximum Gasteiger partial charge on any atom is 0.318 e. The highest BCUT2D eigenvalue weighted by atomic mass is 16.4. The van der Waals surface area contributed by atoms with E-state index in [1.54, 1.807) is 7.05 Å². The second-order valence-electron chi connectivity index (χ2n) is 5.90. The molecular formula is C14H25N5O2. The first-order valence-electron chi connectivity index (χ1n) is 7.59. The molecule has 0 aliphatic carbocycles. The Labute approximate surface area is 125 Å². The van der Waals surface area contributed by atoms with E-state index in [-0.39, 0.29) is 11.8 Å². The van der Waals surface area contributed by atoms with Crippen LogP contribution >= 0.6 is 0 Å². The van der Waals surface area contributed by atoms with Crippen LogP contribution in [0.25, 0.3) is 0 Å². The third-order valence-electron chi connectivity index (χ3n) is 3.59. The van der Waals surface area contributed by atoms with Crippen LogP contribution in [-0.4, -0.2) is 42.8 Å². The zero-order valence-electron chi connectivity index (χ0n) is 13.1. The first kappa shape index (κ1) is 15.8. The molecule has 1 atom stereocenters. The second-order valence-corrected chi connectivity index (χ2v) is 5.90. The van der Waals surface area contributed by atoms with Gasteiger partial charge >= 0.3 is 6.01 Å². The zero-order valence-corrected chi connectivity index (χ0v) is 13.1. The van der Waals surface area contributed by atoms with Crippen molar-refractivity contribution < 1.29 is 9.21 Å². The van der Waals surface area contributed by atoms with Gasteiger partial charge in [-0.2, -0.15) is 0 Å². The number of aromatic nitrogens is 2. The van der Waals surface area contributed by atoms with Crippen molar-refractivity contribution in [3.8, 4) is 0 Å². The third-order valence-corrected chi connectivity index (χ3v) is 3.59. The Morgan fingerprint density at radius 3 is 3.00 bits per heavy atom. The summed E-state index contributed by atoms with van der Waals surface area (Å²) in [7, 11) is 1.67. The van der Waals surface area contributed by atoms with E-state index in [0.717, 1.165) is 25.9 Å². The van der Waals surface area contributed by atoms with E-state index in [2.05, 4.69) is 34.7 Å². The molecule has 0 bridgehead atoms.